The van der Waals surface area contributed by atoms with Crippen LogP contribution in [0, 0.1) is 0 Å². The maximum atomic E-state index is 11.9. The van der Waals surface area contributed by atoms with Gasteiger partial charge in [-0.3, -0.25) is 4.79 Å². The van der Waals surface area contributed by atoms with Gasteiger partial charge in [-0.15, -0.1) is 0 Å². The first-order chi connectivity index (χ1) is 11.7. The quantitative estimate of drug-likeness (QED) is 0.337. The van der Waals surface area contributed by atoms with Crippen molar-refractivity contribution in [1.82, 2.24) is 0 Å². The fourth-order valence-corrected chi connectivity index (χ4v) is 2.04. The molecule has 0 saturated carbocycles. The van der Waals surface area contributed by atoms with Crippen molar-refractivity contribution in [1.29, 1.82) is 0 Å². The Morgan fingerprint density at radius 2 is 1.88 bits per heavy atom. The lowest BCUT2D eigenvalue weighted by atomic mass is 10.2. The van der Waals surface area contributed by atoms with E-state index in [0.717, 1.165) is 5.56 Å². The molecule has 0 aliphatic carbocycles. The number of esters is 1. The van der Waals surface area contributed by atoms with Crippen molar-refractivity contribution in [2.24, 2.45) is 0 Å². The summed E-state index contributed by atoms with van der Waals surface area (Å²) in [6, 6.07) is 11.9. The molecule has 0 spiro atoms. The van der Waals surface area contributed by atoms with E-state index >= 15 is 0 Å². The summed E-state index contributed by atoms with van der Waals surface area (Å²) in [6.07, 6.45) is 3.53. The third kappa shape index (κ3) is 4.46. The number of benzene rings is 2. The van der Waals surface area contributed by atoms with Crippen molar-refractivity contribution < 1.29 is 23.8 Å². The molecule has 0 bridgehead atoms. The molecule has 0 saturated heterocycles. The Labute approximate surface area is 140 Å². The number of carbonyl (C=O) groups excluding carboxylic acids is 2. The highest BCUT2D eigenvalue weighted by atomic mass is 16.5. The fourth-order valence-electron chi connectivity index (χ4n) is 2.04. The van der Waals surface area contributed by atoms with Crippen molar-refractivity contribution in [3.63, 3.8) is 0 Å². The van der Waals surface area contributed by atoms with Crippen LogP contribution in [0.3, 0.4) is 0 Å². The summed E-state index contributed by atoms with van der Waals surface area (Å²) in [6.45, 7) is 2.43. The molecule has 0 aliphatic rings. The Balaban J connectivity index is 2.09. The van der Waals surface area contributed by atoms with E-state index in [1.165, 1.54) is 6.08 Å². The molecule has 5 nitrogen and oxygen atoms in total. The van der Waals surface area contributed by atoms with Crippen LogP contribution in [0.15, 0.2) is 48.5 Å². The average molecular weight is 326 g/mol. The van der Waals surface area contributed by atoms with Crippen LogP contribution in [-0.2, 0) is 4.79 Å². The zero-order valence-corrected chi connectivity index (χ0v) is 13.5. The second kappa shape index (κ2) is 8.53. The summed E-state index contributed by atoms with van der Waals surface area (Å²) in [5.41, 5.74) is 1.08. The lowest BCUT2D eigenvalue weighted by Gasteiger charge is -2.09. The van der Waals surface area contributed by atoms with Crippen LogP contribution in [0.5, 0.6) is 17.2 Å². The molecule has 0 heterocycles. The minimum atomic E-state index is -0.572. The SMILES string of the molecule is CCOc1ccc(/C=C/C(=O)Oc2ccccc2C=O)cc1OC. The fraction of sp³-hybridized carbons (Fsp3) is 0.158. The predicted octanol–water partition coefficient (Wildman–Crippen LogP) is 3.53. The summed E-state index contributed by atoms with van der Waals surface area (Å²) >= 11 is 0. The van der Waals surface area contributed by atoms with Gasteiger partial charge in [0.1, 0.15) is 5.75 Å². The monoisotopic (exact) mass is 326 g/mol. The van der Waals surface area contributed by atoms with Crippen LogP contribution in [0.1, 0.15) is 22.8 Å². The molecule has 2 rings (SSSR count). The van der Waals surface area contributed by atoms with Crippen LogP contribution < -0.4 is 14.2 Å². The van der Waals surface area contributed by atoms with E-state index in [1.54, 1.807) is 55.7 Å². The van der Waals surface area contributed by atoms with Crippen molar-refractivity contribution in [2.75, 3.05) is 13.7 Å². The first-order valence-corrected chi connectivity index (χ1v) is 7.43. The summed E-state index contributed by atoms with van der Waals surface area (Å²) in [7, 11) is 1.55. The van der Waals surface area contributed by atoms with Gasteiger partial charge in [0.15, 0.2) is 17.8 Å². The number of rotatable bonds is 7. The Bertz CT molecular complexity index is 749. The van der Waals surface area contributed by atoms with E-state index in [2.05, 4.69) is 0 Å². The summed E-state index contributed by atoms with van der Waals surface area (Å²) in [4.78, 5) is 22.8. The Hall–Kier alpha value is -3.08. The number of aldehydes is 1. The normalized spacial score (nSPS) is 10.4. The van der Waals surface area contributed by atoms with Gasteiger partial charge in [-0.1, -0.05) is 18.2 Å². The molecule has 2 aromatic rings. The van der Waals surface area contributed by atoms with Crippen LogP contribution in [-0.4, -0.2) is 26.0 Å². The van der Waals surface area contributed by atoms with Gasteiger partial charge in [0.05, 0.1) is 19.3 Å². The molecule has 0 fully saturated rings. The molecule has 124 valence electrons. The van der Waals surface area contributed by atoms with Gasteiger partial charge < -0.3 is 14.2 Å². The van der Waals surface area contributed by atoms with E-state index in [0.29, 0.717) is 30.0 Å². The largest absolute Gasteiger partial charge is 0.493 e. The van der Waals surface area contributed by atoms with Gasteiger partial charge in [-0.2, -0.15) is 0 Å². The van der Waals surface area contributed by atoms with Gasteiger partial charge in [0, 0.05) is 6.08 Å². The minimum absolute atomic E-state index is 0.228. The molecule has 0 unspecified atom stereocenters. The second-order valence-electron chi connectivity index (χ2n) is 4.75. The summed E-state index contributed by atoms with van der Waals surface area (Å²) in [5, 5.41) is 0. The average Bonchev–Trinajstić information content (AvgIpc) is 2.61. The maximum Gasteiger partial charge on any atom is 0.336 e. The number of methoxy groups -OCH3 is 1. The molecule has 0 aliphatic heterocycles. The highest BCUT2D eigenvalue weighted by Crippen LogP contribution is 2.28. The summed E-state index contributed by atoms with van der Waals surface area (Å²) in [5.74, 6) is 0.877. The van der Waals surface area contributed by atoms with E-state index in [1.807, 2.05) is 6.92 Å². The van der Waals surface area contributed by atoms with Gasteiger partial charge in [0.25, 0.3) is 0 Å². The number of hydrogen-bond donors (Lipinski definition) is 0. The van der Waals surface area contributed by atoms with Gasteiger partial charge in [0.2, 0.25) is 0 Å². The topological polar surface area (TPSA) is 61.8 Å². The Kier molecular flexibility index (Phi) is 6.14. The van der Waals surface area contributed by atoms with Crippen molar-refractivity contribution >= 4 is 18.3 Å². The lowest BCUT2D eigenvalue weighted by Crippen LogP contribution is -2.05. The number of carbonyl (C=O) groups is 2. The number of hydrogen-bond acceptors (Lipinski definition) is 5. The molecule has 2 aromatic carbocycles. The molecule has 5 heteroatoms. The van der Waals surface area contributed by atoms with Crippen LogP contribution in [0.4, 0.5) is 0 Å². The first kappa shape index (κ1) is 17.3. The standard InChI is InChI=1S/C19H18O5/c1-3-23-17-10-8-14(12-18(17)22-2)9-11-19(21)24-16-7-5-4-6-15(16)13-20/h4-13H,3H2,1-2H3/b11-9+. The highest BCUT2D eigenvalue weighted by molar-refractivity contribution is 5.90. The van der Waals surface area contributed by atoms with E-state index < -0.39 is 5.97 Å². The lowest BCUT2D eigenvalue weighted by molar-refractivity contribution is -0.128. The molecular weight excluding hydrogens is 308 g/mol. The molecule has 0 radical (unpaired) electrons. The summed E-state index contributed by atoms with van der Waals surface area (Å²) < 4.78 is 15.9. The maximum absolute atomic E-state index is 11.9. The molecule has 24 heavy (non-hydrogen) atoms. The third-order valence-electron chi connectivity index (χ3n) is 3.16. The van der Waals surface area contributed by atoms with Gasteiger partial charge >= 0.3 is 5.97 Å². The molecule has 0 aromatic heterocycles. The van der Waals surface area contributed by atoms with Gasteiger partial charge in [-0.25, -0.2) is 4.79 Å². The minimum Gasteiger partial charge on any atom is -0.493 e. The third-order valence-corrected chi connectivity index (χ3v) is 3.16. The van der Waals surface area contributed by atoms with E-state index in [4.69, 9.17) is 14.2 Å². The predicted molar refractivity (Wildman–Crippen MR) is 90.7 cm³/mol. The van der Waals surface area contributed by atoms with Gasteiger partial charge in [-0.05, 0) is 42.8 Å². The number of para-hydroxylation sites is 1. The molecular formula is C19H18O5. The second-order valence-corrected chi connectivity index (χ2v) is 4.75. The molecule has 0 N–H and O–H groups in total. The van der Waals surface area contributed by atoms with Crippen molar-refractivity contribution in [3.05, 3.63) is 59.7 Å². The zero-order valence-electron chi connectivity index (χ0n) is 13.5. The van der Waals surface area contributed by atoms with E-state index in [-0.39, 0.29) is 5.75 Å². The highest BCUT2D eigenvalue weighted by Gasteiger charge is 2.07. The molecule has 0 amide bonds. The van der Waals surface area contributed by atoms with Crippen molar-refractivity contribution in [2.45, 2.75) is 6.92 Å². The van der Waals surface area contributed by atoms with Crippen LogP contribution in [0.2, 0.25) is 0 Å². The van der Waals surface area contributed by atoms with E-state index in [9.17, 15) is 9.59 Å². The zero-order chi connectivity index (χ0) is 17.4. The Morgan fingerprint density at radius 1 is 1.08 bits per heavy atom. The van der Waals surface area contributed by atoms with Crippen molar-refractivity contribution in [3.8, 4) is 17.2 Å². The smallest absolute Gasteiger partial charge is 0.336 e. The molecule has 0 atom stereocenters. The first-order valence-electron chi connectivity index (χ1n) is 7.43. The number of ether oxygens (including phenoxy) is 3. The van der Waals surface area contributed by atoms with Crippen LogP contribution in [0.25, 0.3) is 6.08 Å². The van der Waals surface area contributed by atoms with Crippen LogP contribution >= 0.6 is 0 Å². The Morgan fingerprint density at radius 3 is 2.58 bits per heavy atom.